The van der Waals surface area contributed by atoms with Gasteiger partial charge in [0.15, 0.2) is 0 Å². The van der Waals surface area contributed by atoms with E-state index in [2.05, 4.69) is 15.3 Å². The Hall–Kier alpha value is -1.88. The van der Waals surface area contributed by atoms with Crippen LogP contribution in [0, 0.1) is 11.6 Å². The van der Waals surface area contributed by atoms with Crippen molar-refractivity contribution < 1.29 is 8.78 Å². The Bertz CT molecular complexity index is 511. The highest BCUT2D eigenvalue weighted by Crippen LogP contribution is 2.16. The van der Waals surface area contributed by atoms with Crippen LogP contribution in [-0.2, 0) is 6.42 Å². The second kappa shape index (κ2) is 6.33. The predicted octanol–water partition coefficient (Wildman–Crippen LogP) is 2.65. The summed E-state index contributed by atoms with van der Waals surface area (Å²) in [6, 6.07) is 5.10. The smallest absolute Gasteiger partial charge is 0.145 e. The SMILES string of the molecule is CCNC(Cc1cc(F)cc(F)c1)c1ncccn1. The Morgan fingerprint density at radius 3 is 2.32 bits per heavy atom. The molecule has 0 spiro atoms. The van der Waals surface area contributed by atoms with E-state index in [9.17, 15) is 8.78 Å². The topological polar surface area (TPSA) is 37.8 Å². The Morgan fingerprint density at radius 1 is 1.11 bits per heavy atom. The largest absolute Gasteiger partial charge is 0.307 e. The van der Waals surface area contributed by atoms with Crippen LogP contribution in [0.15, 0.2) is 36.7 Å². The van der Waals surface area contributed by atoms with E-state index in [1.807, 2.05) is 6.92 Å². The first kappa shape index (κ1) is 13.5. The minimum absolute atomic E-state index is 0.160. The molecule has 0 amide bonds. The van der Waals surface area contributed by atoms with Crippen molar-refractivity contribution in [3.8, 4) is 0 Å². The maximum absolute atomic E-state index is 13.2. The van der Waals surface area contributed by atoms with Crippen molar-refractivity contribution in [1.82, 2.24) is 15.3 Å². The normalized spacial score (nSPS) is 12.4. The van der Waals surface area contributed by atoms with Gasteiger partial charge in [0.25, 0.3) is 0 Å². The minimum Gasteiger partial charge on any atom is -0.307 e. The number of halogens is 2. The zero-order valence-corrected chi connectivity index (χ0v) is 10.6. The molecular weight excluding hydrogens is 248 g/mol. The Kier molecular flexibility index (Phi) is 4.52. The molecule has 5 heteroatoms. The fourth-order valence-corrected chi connectivity index (χ4v) is 1.96. The van der Waals surface area contributed by atoms with Crippen molar-refractivity contribution in [1.29, 1.82) is 0 Å². The van der Waals surface area contributed by atoms with Crippen molar-refractivity contribution >= 4 is 0 Å². The highest BCUT2D eigenvalue weighted by molar-refractivity contribution is 5.20. The summed E-state index contributed by atoms with van der Waals surface area (Å²) in [5.74, 6) is -0.521. The molecule has 1 aromatic heterocycles. The van der Waals surface area contributed by atoms with E-state index in [0.29, 0.717) is 17.8 Å². The lowest BCUT2D eigenvalue weighted by molar-refractivity contribution is 0.515. The van der Waals surface area contributed by atoms with Crippen LogP contribution in [0.3, 0.4) is 0 Å². The van der Waals surface area contributed by atoms with E-state index >= 15 is 0 Å². The zero-order chi connectivity index (χ0) is 13.7. The van der Waals surface area contributed by atoms with Crippen LogP contribution in [0.2, 0.25) is 0 Å². The molecule has 19 heavy (non-hydrogen) atoms. The molecule has 2 aromatic rings. The molecule has 3 nitrogen and oxygen atoms in total. The molecule has 1 N–H and O–H groups in total. The lowest BCUT2D eigenvalue weighted by atomic mass is 10.0. The van der Waals surface area contributed by atoms with Crippen LogP contribution < -0.4 is 5.32 Å². The Balaban J connectivity index is 2.21. The van der Waals surface area contributed by atoms with Crippen LogP contribution in [0.4, 0.5) is 8.78 Å². The predicted molar refractivity (Wildman–Crippen MR) is 68.5 cm³/mol. The lowest BCUT2D eigenvalue weighted by Gasteiger charge is -2.16. The molecule has 1 aromatic carbocycles. The zero-order valence-electron chi connectivity index (χ0n) is 10.6. The first-order valence-corrected chi connectivity index (χ1v) is 6.14. The molecule has 1 unspecified atom stereocenters. The fraction of sp³-hybridized carbons (Fsp3) is 0.286. The van der Waals surface area contributed by atoms with E-state index in [1.54, 1.807) is 18.5 Å². The molecule has 0 bridgehead atoms. The van der Waals surface area contributed by atoms with Crippen molar-refractivity contribution in [3.63, 3.8) is 0 Å². The fourth-order valence-electron chi connectivity index (χ4n) is 1.96. The molecule has 0 saturated carbocycles. The van der Waals surface area contributed by atoms with Gasteiger partial charge in [-0.25, -0.2) is 18.7 Å². The number of nitrogens with one attached hydrogen (secondary N) is 1. The summed E-state index contributed by atoms with van der Waals surface area (Å²) in [7, 11) is 0. The summed E-state index contributed by atoms with van der Waals surface area (Å²) in [6.07, 6.45) is 3.74. The molecular formula is C14H15F2N3. The maximum Gasteiger partial charge on any atom is 0.145 e. The van der Waals surface area contributed by atoms with Gasteiger partial charge in [-0.2, -0.15) is 0 Å². The molecule has 2 rings (SSSR count). The lowest BCUT2D eigenvalue weighted by Crippen LogP contribution is -2.25. The van der Waals surface area contributed by atoms with E-state index < -0.39 is 11.6 Å². The average Bonchev–Trinajstić information content (AvgIpc) is 2.38. The Labute approximate surface area is 110 Å². The van der Waals surface area contributed by atoms with Crippen LogP contribution >= 0.6 is 0 Å². The van der Waals surface area contributed by atoms with Gasteiger partial charge in [0.2, 0.25) is 0 Å². The summed E-state index contributed by atoms with van der Waals surface area (Å²) < 4.78 is 26.4. The quantitative estimate of drug-likeness (QED) is 0.901. The molecule has 1 heterocycles. The minimum atomic E-state index is -0.570. The molecule has 0 aliphatic heterocycles. The van der Waals surface area contributed by atoms with Gasteiger partial charge >= 0.3 is 0 Å². The third-order valence-electron chi connectivity index (χ3n) is 2.71. The summed E-state index contributed by atoms with van der Waals surface area (Å²) in [6.45, 7) is 2.68. The van der Waals surface area contributed by atoms with Gasteiger partial charge in [-0.05, 0) is 36.7 Å². The highest BCUT2D eigenvalue weighted by Gasteiger charge is 2.14. The van der Waals surface area contributed by atoms with E-state index in [1.165, 1.54) is 12.1 Å². The molecule has 1 atom stereocenters. The molecule has 0 aliphatic rings. The van der Waals surface area contributed by atoms with Gasteiger partial charge in [-0.1, -0.05) is 6.92 Å². The second-order valence-corrected chi connectivity index (χ2v) is 4.20. The summed E-state index contributed by atoms with van der Waals surface area (Å²) in [5.41, 5.74) is 0.580. The number of nitrogens with zero attached hydrogens (tertiary/aromatic N) is 2. The van der Waals surface area contributed by atoms with Crippen LogP contribution in [0.5, 0.6) is 0 Å². The van der Waals surface area contributed by atoms with E-state index in [0.717, 1.165) is 12.6 Å². The number of likely N-dealkylation sites (N-methyl/N-ethyl adjacent to an activating group) is 1. The number of aromatic nitrogens is 2. The summed E-state index contributed by atoms with van der Waals surface area (Å²) >= 11 is 0. The molecule has 0 saturated heterocycles. The standard InChI is InChI=1S/C14H15F2N3/c1-2-17-13(14-18-4-3-5-19-14)8-10-6-11(15)9-12(16)7-10/h3-7,9,13,17H,2,8H2,1H3. The summed E-state index contributed by atoms with van der Waals surface area (Å²) in [4.78, 5) is 8.36. The number of hydrogen-bond acceptors (Lipinski definition) is 3. The van der Waals surface area contributed by atoms with Gasteiger partial charge in [-0.15, -0.1) is 0 Å². The third-order valence-corrected chi connectivity index (χ3v) is 2.71. The van der Waals surface area contributed by atoms with Crippen LogP contribution in [0.25, 0.3) is 0 Å². The van der Waals surface area contributed by atoms with Gasteiger partial charge in [0.05, 0.1) is 6.04 Å². The van der Waals surface area contributed by atoms with Gasteiger partial charge in [0, 0.05) is 18.5 Å². The first-order chi connectivity index (χ1) is 9.19. The van der Waals surface area contributed by atoms with Crippen molar-refractivity contribution in [2.24, 2.45) is 0 Å². The molecule has 0 fully saturated rings. The molecule has 0 aliphatic carbocycles. The van der Waals surface area contributed by atoms with Crippen molar-refractivity contribution in [2.75, 3.05) is 6.54 Å². The summed E-state index contributed by atoms with van der Waals surface area (Å²) in [5, 5.41) is 3.22. The monoisotopic (exact) mass is 263 g/mol. The van der Waals surface area contributed by atoms with Crippen molar-refractivity contribution in [3.05, 3.63) is 59.7 Å². The third kappa shape index (κ3) is 3.79. The number of benzene rings is 1. The highest BCUT2D eigenvalue weighted by atomic mass is 19.1. The van der Waals surface area contributed by atoms with E-state index in [-0.39, 0.29) is 6.04 Å². The van der Waals surface area contributed by atoms with Gasteiger partial charge in [0.1, 0.15) is 17.5 Å². The van der Waals surface area contributed by atoms with Crippen LogP contribution in [-0.4, -0.2) is 16.5 Å². The Morgan fingerprint density at radius 2 is 1.74 bits per heavy atom. The number of rotatable bonds is 5. The molecule has 100 valence electrons. The second-order valence-electron chi connectivity index (χ2n) is 4.20. The van der Waals surface area contributed by atoms with Gasteiger partial charge in [-0.3, -0.25) is 0 Å². The van der Waals surface area contributed by atoms with Crippen LogP contribution in [0.1, 0.15) is 24.4 Å². The van der Waals surface area contributed by atoms with Gasteiger partial charge < -0.3 is 5.32 Å². The van der Waals surface area contributed by atoms with E-state index in [4.69, 9.17) is 0 Å². The maximum atomic E-state index is 13.2. The number of hydrogen-bond donors (Lipinski definition) is 1. The van der Waals surface area contributed by atoms with Crippen molar-refractivity contribution in [2.45, 2.75) is 19.4 Å². The first-order valence-electron chi connectivity index (χ1n) is 6.14. The molecule has 0 radical (unpaired) electrons. The average molecular weight is 263 g/mol.